The van der Waals surface area contributed by atoms with Crippen molar-refractivity contribution in [3.8, 4) is 0 Å². The predicted molar refractivity (Wildman–Crippen MR) is 113 cm³/mol. The number of hydrogen-bond donors (Lipinski definition) is 0. The summed E-state index contributed by atoms with van der Waals surface area (Å²) in [6.45, 7) is 6.21. The third-order valence-corrected chi connectivity index (χ3v) is 4.15. The summed E-state index contributed by atoms with van der Waals surface area (Å²) < 4.78 is 15.3. The Morgan fingerprint density at radius 2 is 2.00 bits per heavy atom. The summed E-state index contributed by atoms with van der Waals surface area (Å²) in [6.07, 6.45) is 2.69. The van der Waals surface area contributed by atoms with Crippen LogP contribution >= 0.6 is 0 Å². The van der Waals surface area contributed by atoms with Crippen molar-refractivity contribution < 1.29 is 28.6 Å². The molecule has 0 spiro atoms. The van der Waals surface area contributed by atoms with Crippen molar-refractivity contribution in [1.29, 1.82) is 0 Å². The van der Waals surface area contributed by atoms with E-state index in [9.17, 15) is 9.59 Å². The lowest BCUT2D eigenvalue weighted by atomic mass is 9.95. The van der Waals surface area contributed by atoms with Gasteiger partial charge in [0.25, 0.3) is 0 Å². The Balaban J connectivity index is 2.06. The first-order chi connectivity index (χ1) is 15.0. The zero-order valence-corrected chi connectivity index (χ0v) is 17.7. The molecule has 0 N–H and O–H groups in total. The van der Waals surface area contributed by atoms with Gasteiger partial charge in [-0.2, -0.15) is 0 Å². The van der Waals surface area contributed by atoms with Crippen molar-refractivity contribution in [2.75, 3.05) is 27.4 Å². The molecule has 2 rings (SSSR count). The van der Waals surface area contributed by atoms with Gasteiger partial charge in [0.15, 0.2) is 0 Å². The van der Waals surface area contributed by atoms with Crippen LogP contribution in [-0.2, 0) is 35.1 Å². The molecule has 1 aromatic heterocycles. The van der Waals surface area contributed by atoms with E-state index in [-0.39, 0.29) is 18.9 Å². The van der Waals surface area contributed by atoms with Crippen molar-refractivity contribution in [1.82, 2.24) is 9.97 Å². The van der Waals surface area contributed by atoms with Crippen LogP contribution in [0.25, 0.3) is 5.76 Å². The van der Waals surface area contributed by atoms with Crippen molar-refractivity contribution in [2.24, 2.45) is 5.16 Å². The topological polar surface area (TPSA) is 109 Å². The fraction of sp³-hybridized carbons (Fsp3) is 0.318. The molecule has 9 heteroatoms. The average Bonchev–Trinajstić information content (AvgIpc) is 2.78. The molecule has 1 unspecified atom stereocenters. The molecule has 0 fully saturated rings. The van der Waals surface area contributed by atoms with Crippen LogP contribution < -0.4 is 0 Å². The number of oxime groups is 1. The molecule has 9 nitrogen and oxygen atoms in total. The van der Waals surface area contributed by atoms with Crippen LogP contribution in [0.15, 0.2) is 48.3 Å². The first-order valence-corrected chi connectivity index (χ1v) is 9.53. The lowest BCUT2D eigenvalue weighted by Gasteiger charge is -2.16. The van der Waals surface area contributed by atoms with E-state index in [0.29, 0.717) is 29.2 Å². The molecular formula is C22H25N3O6. The molecule has 1 aromatic carbocycles. The number of carbonyl (C=O) groups excluding carboxylic acids is 2. The van der Waals surface area contributed by atoms with Gasteiger partial charge in [0.05, 0.1) is 26.5 Å². The van der Waals surface area contributed by atoms with Crippen molar-refractivity contribution in [2.45, 2.75) is 19.3 Å². The van der Waals surface area contributed by atoms with Gasteiger partial charge in [-0.05, 0) is 18.6 Å². The zero-order valence-electron chi connectivity index (χ0n) is 17.7. The summed E-state index contributed by atoms with van der Waals surface area (Å²) >= 11 is 0. The fourth-order valence-electron chi connectivity index (χ4n) is 2.73. The number of methoxy groups -OCH3 is 2. The molecule has 1 atom stereocenters. The molecule has 0 saturated carbocycles. The number of rotatable bonds is 11. The Hall–Kier alpha value is -3.59. The van der Waals surface area contributed by atoms with Gasteiger partial charge < -0.3 is 19.0 Å². The van der Waals surface area contributed by atoms with E-state index in [4.69, 9.17) is 19.0 Å². The van der Waals surface area contributed by atoms with Gasteiger partial charge in [0, 0.05) is 18.9 Å². The maximum absolute atomic E-state index is 12.1. The van der Waals surface area contributed by atoms with Crippen LogP contribution in [0.4, 0.5) is 0 Å². The molecule has 0 saturated heterocycles. The van der Waals surface area contributed by atoms with Crippen molar-refractivity contribution in [3.05, 3.63) is 65.8 Å². The van der Waals surface area contributed by atoms with E-state index in [0.717, 1.165) is 0 Å². The smallest absolute Gasteiger partial charge is 0.342 e. The number of nitrogens with zero attached hydrogens (tertiary/aromatic N) is 3. The molecule has 0 radical (unpaired) electrons. The third kappa shape index (κ3) is 7.00. The van der Waals surface area contributed by atoms with E-state index in [2.05, 4.69) is 21.7 Å². The summed E-state index contributed by atoms with van der Waals surface area (Å²) in [5.41, 5.74) is 1.72. The summed E-state index contributed by atoms with van der Waals surface area (Å²) in [7, 11) is 2.80. The molecule has 0 amide bonds. The number of benzene rings is 1. The van der Waals surface area contributed by atoms with Crippen LogP contribution in [0.2, 0.25) is 0 Å². The Bertz CT molecular complexity index is 944. The molecule has 0 bridgehead atoms. The van der Waals surface area contributed by atoms with Crippen LogP contribution in [0, 0.1) is 0 Å². The van der Waals surface area contributed by atoms with Crippen LogP contribution in [0.3, 0.4) is 0 Å². The van der Waals surface area contributed by atoms with E-state index < -0.39 is 17.9 Å². The molecule has 0 aliphatic heterocycles. The molecule has 0 aliphatic carbocycles. The third-order valence-electron chi connectivity index (χ3n) is 4.15. The summed E-state index contributed by atoms with van der Waals surface area (Å²) in [6, 6.07) is 8.70. The SMILES string of the molecule is C=C(OCC)c1ccnc(CC(=O)O/N=C/c2ccccc2C(COC)C(=O)OC)n1. The van der Waals surface area contributed by atoms with Gasteiger partial charge >= 0.3 is 11.9 Å². The van der Waals surface area contributed by atoms with Gasteiger partial charge in [-0.25, -0.2) is 14.8 Å². The highest BCUT2D eigenvalue weighted by Gasteiger charge is 2.23. The number of ether oxygens (including phenoxy) is 3. The summed E-state index contributed by atoms with van der Waals surface area (Å²) in [5.74, 6) is -1.07. The van der Waals surface area contributed by atoms with Gasteiger partial charge in [-0.3, -0.25) is 4.79 Å². The van der Waals surface area contributed by atoms with Crippen LogP contribution in [-0.4, -0.2) is 55.6 Å². The first kappa shape index (κ1) is 23.7. The quantitative estimate of drug-likeness (QED) is 0.177. The average molecular weight is 427 g/mol. The Kier molecular flexibility index (Phi) is 9.31. The molecule has 2 aromatic rings. The summed E-state index contributed by atoms with van der Waals surface area (Å²) in [4.78, 5) is 37.4. The second kappa shape index (κ2) is 12.2. The zero-order chi connectivity index (χ0) is 22.6. The normalized spacial score (nSPS) is 11.7. The maximum atomic E-state index is 12.1. The number of aromatic nitrogens is 2. The van der Waals surface area contributed by atoms with Crippen LogP contribution in [0.1, 0.15) is 35.5 Å². The summed E-state index contributed by atoms with van der Waals surface area (Å²) in [5, 5.41) is 3.75. The highest BCUT2D eigenvalue weighted by molar-refractivity contribution is 5.87. The number of hydrogen-bond acceptors (Lipinski definition) is 9. The lowest BCUT2D eigenvalue weighted by molar-refractivity contribution is -0.144. The molecule has 31 heavy (non-hydrogen) atoms. The molecule has 1 heterocycles. The highest BCUT2D eigenvalue weighted by Crippen LogP contribution is 2.21. The maximum Gasteiger partial charge on any atom is 0.342 e. The van der Waals surface area contributed by atoms with Crippen molar-refractivity contribution >= 4 is 23.9 Å². The van der Waals surface area contributed by atoms with E-state index in [1.165, 1.54) is 26.6 Å². The molecule has 0 aliphatic rings. The predicted octanol–water partition coefficient (Wildman–Crippen LogP) is 2.51. The van der Waals surface area contributed by atoms with E-state index >= 15 is 0 Å². The van der Waals surface area contributed by atoms with E-state index in [1.807, 2.05) is 6.92 Å². The molecule has 164 valence electrons. The van der Waals surface area contributed by atoms with E-state index in [1.54, 1.807) is 30.3 Å². The minimum absolute atomic E-state index is 0.137. The Morgan fingerprint density at radius 3 is 2.71 bits per heavy atom. The highest BCUT2D eigenvalue weighted by atomic mass is 16.7. The van der Waals surface area contributed by atoms with Gasteiger partial charge in [0.2, 0.25) is 0 Å². The second-order valence-corrected chi connectivity index (χ2v) is 6.25. The number of esters is 1. The monoisotopic (exact) mass is 427 g/mol. The largest absolute Gasteiger partial charge is 0.492 e. The van der Waals surface area contributed by atoms with Gasteiger partial charge in [-0.1, -0.05) is 36.0 Å². The fourth-order valence-corrected chi connectivity index (χ4v) is 2.73. The Labute approximate surface area is 180 Å². The second-order valence-electron chi connectivity index (χ2n) is 6.25. The standard InChI is InChI=1S/C22H25N3O6/c1-5-30-15(2)19-10-11-23-20(25-19)12-21(26)31-24-13-16-8-6-7-9-17(16)18(14-28-3)22(27)29-4/h6-11,13,18H,2,5,12,14H2,1,3-4H3/b24-13+. The van der Waals surface area contributed by atoms with Crippen LogP contribution in [0.5, 0.6) is 0 Å². The van der Waals surface area contributed by atoms with Crippen molar-refractivity contribution in [3.63, 3.8) is 0 Å². The number of carbonyl (C=O) groups is 2. The Morgan fingerprint density at radius 1 is 1.23 bits per heavy atom. The first-order valence-electron chi connectivity index (χ1n) is 9.53. The van der Waals surface area contributed by atoms with Gasteiger partial charge in [-0.15, -0.1) is 0 Å². The minimum atomic E-state index is -0.644. The minimum Gasteiger partial charge on any atom is -0.492 e. The van der Waals surface area contributed by atoms with Gasteiger partial charge in [0.1, 0.15) is 29.6 Å². The lowest BCUT2D eigenvalue weighted by Crippen LogP contribution is -2.20. The molecular weight excluding hydrogens is 402 g/mol.